The van der Waals surface area contributed by atoms with Gasteiger partial charge in [0.15, 0.2) is 0 Å². The second kappa shape index (κ2) is 5.73. The van der Waals surface area contributed by atoms with E-state index in [-0.39, 0.29) is 0 Å². The summed E-state index contributed by atoms with van der Waals surface area (Å²) in [6.45, 7) is 4.34. The average Bonchev–Trinajstić information content (AvgIpc) is 2.93. The van der Waals surface area contributed by atoms with Crippen LogP contribution in [0.5, 0.6) is 0 Å². The summed E-state index contributed by atoms with van der Waals surface area (Å²) in [5.74, 6) is 0. The number of fused-ring (bicyclic) bond motifs is 3. The first kappa shape index (κ1) is 14.9. The molecule has 1 atom stereocenters. The number of pyridine rings is 1. The summed E-state index contributed by atoms with van der Waals surface area (Å²) in [6.07, 6.45) is 1.93. The van der Waals surface area contributed by atoms with Gasteiger partial charge < -0.3 is 0 Å². The Morgan fingerprint density at radius 1 is 1.04 bits per heavy atom. The molecule has 0 aliphatic rings. The summed E-state index contributed by atoms with van der Waals surface area (Å²) in [5, 5.41) is 1.27. The van der Waals surface area contributed by atoms with Crippen LogP contribution in [0.15, 0.2) is 54.7 Å². The molecule has 0 saturated heterocycles. The highest BCUT2D eigenvalue weighted by Crippen LogP contribution is 2.43. The number of thiophene rings is 1. The Bertz CT molecular complexity index is 1000. The van der Waals surface area contributed by atoms with E-state index in [0.717, 1.165) is 5.52 Å². The number of benzene rings is 2. The second-order valence-corrected chi connectivity index (χ2v) is 8.25. The van der Waals surface area contributed by atoms with Gasteiger partial charge in [0.2, 0.25) is 0 Å². The number of hydrogen-bond acceptors (Lipinski definition) is 2. The van der Waals surface area contributed by atoms with Crippen molar-refractivity contribution in [2.24, 2.45) is 0 Å². The van der Waals surface area contributed by atoms with Crippen molar-refractivity contribution in [3.63, 3.8) is 0 Å². The fraction of sp³-hybridized carbons (Fsp3) is 0.150. The number of rotatable bonds is 2. The van der Waals surface area contributed by atoms with E-state index in [1.165, 1.54) is 37.0 Å². The molecule has 0 bridgehead atoms. The highest BCUT2D eigenvalue weighted by Gasteiger charge is 2.16. The maximum Gasteiger partial charge on any atom is 0.0894 e. The molecule has 1 unspecified atom stereocenters. The number of alkyl halides is 1. The largest absolute Gasteiger partial charge is 0.255 e. The van der Waals surface area contributed by atoms with E-state index in [9.17, 15) is 0 Å². The van der Waals surface area contributed by atoms with Crippen molar-refractivity contribution in [2.45, 2.75) is 18.7 Å². The molecule has 2 aromatic heterocycles. The highest BCUT2D eigenvalue weighted by atomic mass is 79.9. The van der Waals surface area contributed by atoms with Crippen molar-refractivity contribution < 1.29 is 0 Å². The first-order valence-corrected chi connectivity index (χ1v) is 9.39. The van der Waals surface area contributed by atoms with E-state index in [1.54, 1.807) is 0 Å². The molecule has 114 valence electrons. The third kappa shape index (κ3) is 2.48. The Hall–Kier alpha value is -1.71. The van der Waals surface area contributed by atoms with Crippen molar-refractivity contribution in [2.75, 3.05) is 0 Å². The van der Waals surface area contributed by atoms with Crippen LogP contribution in [0.2, 0.25) is 0 Å². The number of nitrogens with zero attached hydrogens (tertiary/aromatic N) is 1. The molecule has 3 heteroatoms. The highest BCUT2D eigenvalue weighted by molar-refractivity contribution is 9.09. The van der Waals surface area contributed by atoms with Crippen LogP contribution >= 0.6 is 27.3 Å². The number of aryl methyl sites for hydroxylation is 1. The smallest absolute Gasteiger partial charge is 0.0894 e. The van der Waals surface area contributed by atoms with E-state index >= 15 is 0 Å². The molecule has 0 aliphatic carbocycles. The molecule has 1 nitrogen and oxygen atoms in total. The van der Waals surface area contributed by atoms with Crippen molar-refractivity contribution in [3.05, 3.63) is 65.9 Å². The molecule has 0 spiro atoms. The Morgan fingerprint density at radius 3 is 2.57 bits per heavy atom. The molecular weight excluding hydrogens is 366 g/mol. The lowest BCUT2D eigenvalue weighted by molar-refractivity contribution is 1.14. The summed E-state index contributed by atoms with van der Waals surface area (Å²) >= 11 is 5.60. The predicted molar refractivity (Wildman–Crippen MR) is 105 cm³/mol. The average molecular weight is 382 g/mol. The fourth-order valence-corrected chi connectivity index (χ4v) is 4.97. The Kier molecular flexibility index (Phi) is 3.70. The second-order valence-electron chi connectivity index (χ2n) is 5.85. The van der Waals surface area contributed by atoms with Gasteiger partial charge in [0, 0.05) is 26.7 Å². The van der Waals surface area contributed by atoms with Crippen LogP contribution in [0.3, 0.4) is 0 Å². The molecule has 4 aromatic rings. The summed E-state index contributed by atoms with van der Waals surface area (Å²) in [4.78, 5) is 5.02. The minimum absolute atomic E-state index is 0.332. The summed E-state index contributed by atoms with van der Waals surface area (Å²) in [7, 11) is 0. The number of halogens is 1. The lowest BCUT2D eigenvalue weighted by Crippen LogP contribution is -1.86. The van der Waals surface area contributed by atoms with E-state index in [4.69, 9.17) is 4.98 Å². The van der Waals surface area contributed by atoms with E-state index in [1.807, 2.05) is 17.5 Å². The third-order valence-corrected chi connectivity index (χ3v) is 5.91. The zero-order chi connectivity index (χ0) is 16.0. The minimum atomic E-state index is 0.332. The molecule has 0 N–H and O–H groups in total. The topological polar surface area (TPSA) is 12.9 Å². The van der Waals surface area contributed by atoms with Crippen molar-refractivity contribution >= 4 is 47.6 Å². The predicted octanol–water partition coefficient (Wildman–Crippen LogP) is 6.88. The minimum Gasteiger partial charge on any atom is -0.255 e. The van der Waals surface area contributed by atoms with Crippen LogP contribution in [0.25, 0.3) is 31.4 Å². The Labute approximate surface area is 148 Å². The molecule has 0 fully saturated rings. The molecule has 23 heavy (non-hydrogen) atoms. The summed E-state index contributed by atoms with van der Waals surface area (Å²) in [5.41, 5.74) is 6.26. The van der Waals surface area contributed by atoms with Gasteiger partial charge >= 0.3 is 0 Å². The Balaban J connectivity index is 2.12. The fourth-order valence-electron chi connectivity index (χ4n) is 3.08. The zero-order valence-electron chi connectivity index (χ0n) is 13.0. The number of aromatic nitrogens is 1. The quantitative estimate of drug-likeness (QED) is 0.344. The van der Waals surface area contributed by atoms with Gasteiger partial charge in [0.25, 0.3) is 0 Å². The number of hydrogen-bond donors (Lipinski definition) is 0. The van der Waals surface area contributed by atoms with Gasteiger partial charge in [-0.15, -0.1) is 11.3 Å². The van der Waals surface area contributed by atoms with Gasteiger partial charge in [-0.1, -0.05) is 57.9 Å². The van der Waals surface area contributed by atoms with Crippen LogP contribution in [0.4, 0.5) is 0 Å². The van der Waals surface area contributed by atoms with Crippen LogP contribution in [-0.4, -0.2) is 4.98 Å². The van der Waals surface area contributed by atoms with Gasteiger partial charge in [-0.25, -0.2) is 0 Å². The van der Waals surface area contributed by atoms with Crippen molar-refractivity contribution in [1.82, 2.24) is 4.98 Å². The first-order chi connectivity index (χ1) is 11.1. The van der Waals surface area contributed by atoms with Crippen molar-refractivity contribution in [3.8, 4) is 11.1 Å². The van der Waals surface area contributed by atoms with Gasteiger partial charge in [-0.2, -0.15) is 0 Å². The van der Waals surface area contributed by atoms with Crippen LogP contribution in [0.1, 0.15) is 22.9 Å². The van der Waals surface area contributed by atoms with Gasteiger partial charge in [-0.05, 0) is 37.1 Å². The SMILES string of the molecule is Cc1cc(C(C)Br)c2sc3c(-c4ccccc4)ccnc3c2c1. The zero-order valence-corrected chi connectivity index (χ0v) is 15.4. The van der Waals surface area contributed by atoms with E-state index in [0.29, 0.717) is 4.83 Å². The molecule has 4 rings (SSSR count). The molecule has 0 amide bonds. The normalized spacial score (nSPS) is 12.8. The van der Waals surface area contributed by atoms with Gasteiger partial charge in [-0.3, -0.25) is 4.98 Å². The monoisotopic (exact) mass is 381 g/mol. The lowest BCUT2D eigenvalue weighted by Gasteiger charge is -2.06. The molecule has 0 saturated carbocycles. The molecule has 2 heterocycles. The lowest BCUT2D eigenvalue weighted by atomic mass is 10.0. The van der Waals surface area contributed by atoms with E-state index < -0.39 is 0 Å². The third-order valence-electron chi connectivity index (χ3n) is 4.14. The van der Waals surface area contributed by atoms with Gasteiger partial charge in [0.05, 0.1) is 10.2 Å². The molecule has 0 aliphatic heterocycles. The van der Waals surface area contributed by atoms with Crippen LogP contribution < -0.4 is 0 Å². The maximum absolute atomic E-state index is 4.69. The summed E-state index contributed by atoms with van der Waals surface area (Å²) in [6, 6.07) is 17.2. The van der Waals surface area contributed by atoms with Gasteiger partial charge in [0.1, 0.15) is 0 Å². The Morgan fingerprint density at radius 2 is 1.83 bits per heavy atom. The van der Waals surface area contributed by atoms with Crippen LogP contribution in [0, 0.1) is 6.92 Å². The molecule has 2 aromatic carbocycles. The van der Waals surface area contributed by atoms with Crippen LogP contribution in [-0.2, 0) is 0 Å². The molecule has 0 radical (unpaired) electrons. The maximum atomic E-state index is 4.69. The molecular formula is C20H16BrNS. The standard InChI is InChI=1S/C20H16BrNS/c1-12-10-16(13(2)21)19-17(11-12)18-20(23-19)15(8-9-22-18)14-6-4-3-5-7-14/h3-11,13H,1-2H3. The van der Waals surface area contributed by atoms with Crippen molar-refractivity contribution in [1.29, 1.82) is 0 Å². The van der Waals surface area contributed by atoms with E-state index in [2.05, 4.69) is 78.3 Å². The summed E-state index contributed by atoms with van der Waals surface area (Å²) < 4.78 is 2.61. The first-order valence-electron chi connectivity index (χ1n) is 7.66.